The SMILES string of the molecule is CNCC1CCN(C(=O)c2ccc(Cl)c(Br)c2)CC1.Cl. The third-order valence-electron chi connectivity index (χ3n) is 3.56. The van der Waals surface area contributed by atoms with E-state index in [1.165, 1.54) is 0 Å². The minimum absolute atomic E-state index is 0. The molecule has 0 spiro atoms. The highest BCUT2D eigenvalue weighted by Crippen LogP contribution is 2.25. The van der Waals surface area contributed by atoms with Crippen molar-refractivity contribution in [3.05, 3.63) is 33.3 Å². The first-order valence-electron chi connectivity index (χ1n) is 6.50. The second-order valence-electron chi connectivity index (χ2n) is 4.92. The molecular weight excluding hydrogens is 363 g/mol. The summed E-state index contributed by atoms with van der Waals surface area (Å²) in [4.78, 5) is 14.3. The molecule has 1 aromatic rings. The van der Waals surface area contributed by atoms with E-state index in [1.807, 2.05) is 11.9 Å². The third-order valence-corrected chi connectivity index (χ3v) is 4.78. The zero-order chi connectivity index (χ0) is 13.8. The quantitative estimate of drug-likeness (QED) is 0.867. The van der Waals surface area contributed by atoms with Crippen LogP contribution in [0.3, 0.4) is 0 Å². The number of carbonyl (C=O) groups is 1. The van der Waals surface area contributed by atoms with E-state index in [0.717, 1.165) is 36.9 Å². The number of hydrogen-bond donors (Lipinski definition) is 1. The molecule has 0 aromatic heterocycles. The fourth-order valence-electron chi connectivity index (χ4n) is 2.44. The molecule has 1 amide bonds. The van der Waals surface area contributed by atoms with E-state index in [4.69, 9.17) is 11.6 Å². The highest BCUT2D eigenvalue weighted by molar-refractivity contribution is 9.10. The lowest BCUT2D eigenvalue weighted by atomic mass is 9.96. The normalized spacial score (nSPS) is 15.8. The van der Waals surface area contributed by atoms with Crippen molar-refractivity contribution >= 4 is 45.8 Å². The Morgan fingerprint density at radius 2 is 2.10 bits per heavy atom. The molecular formula is C14H19BrCl2N2O. The molecule has 0 aliphatic carbocycles. The molecule has 1 heterocycles. The molecule has 1 aliphatic heterocycles. The van der Waals surface area contributed by atoms with Gasteiger partial charge in [-0.3, -0.25) is 4.79 Å². The maximum Gasteiger partial charge on any atom is 0.253 e. The van der Waals surface area contributed by atoms with Crippen LogP contribution in [0, 0.1) is 5.92 Å². The summed E-state index contributed by atoms with van der Waals surface area (Å²) >= 11 is 9.30. The van der Waals surface area contributed by atoms with E-state index < -0.39 is 0 Å². The van der Waals surface area contributed by atoms with Gasteiger partial charge in [0.25, 0.3) is 5.91 Å². The zero-order valence-electron chi connectivity index (χ0n) is 11.4. The van der Waals surface area contributed by atoms with Crippen molar-refractivity contribution in [2.24, 2.45) is 5.92 Å². The fourth-order valence-corrected chi connectivity index (χ4v) is 2.94. The van der Waals surface area contributed by atoms with Crippen LogP contribution in [0.15, 0.2) is 22.7 Å². The fraction of sp³-hybridized carbons (Fsp3) is 0.500. The van der Waals surface area contributed by atoms with Crippen LogP contribution in [-0.2, 0) is 0 Å². The van der Waals surface area contributed by atoms with Gasteiger partial charge in [-0.15, -0.1) is 12.4 Å². The van der Waals surface area contributed by atoms with Gasteiger partial charge in [0.1, 0.15) is 0 Å². The highest BCUT2D eigenvalue weighted by atomic mass is 79.9. The van der Waals surface area contributed by atoms with Gasteiger partial charge in [-0.2, -0.15) is 0 Å². The lowest BCUT2D eigenvalue weighted by Crippen LogP contribution is -2.40. The molecule has 0 unspecified atom stereocenters. The monoisotopic (exact) mass is 380 g/mol. The Morgan fingerprint density at radius 1 is 1.45 bits per heavy atom. The average molecular weight is 382 g/mol. The average Bonchev–Trinajstić information content (AvgIpc) is 2.42. The van der Waals surface area contributed by atoms with Gasteiger partial charge in [-0.1, -0.05) is 11.6 Å². The summed E-state index contributed by atoms with van der Waals surface area (Å²) in [6, 6.07) is 5.34. The van der Waals surface area contributed by atoms with Crippen LogP contribution in [0.25, 0.3) is 0 Å². The Labute approximate surface area is 139 Å². The van der Waals surface area contributed by atoms with Crippen LogP contribution in [0.5, 0.6) is 0 Å². The van der Waals surface area contributed by atoms with Crippen molar-refractivity contribution in [3.8, 4) is 0 Å². The number of nitrogens with zero attached hydrogens (tertiary/aromatic N) is 1. The topological polar surface area (TPSA) is 32.3 Å². The van der Waals surface area contributed by atoms with Gasteiger partial charge in [-0.05, 0) is 66.5 Å². The van der Waals surface area contributed by atoms with Gasteiger partial charge >= 0.3 is 0 Å². The number of hydrogen-bond acceptors (Lipinski definition) is 2. The first kappa shape index (κ1) is 17.8. The summed E-state index contributed by atoms with van der Waals surface area (Å²) in [7, 11) is 1.97. The molecule has 3 nitrogen and oxygen atoms in total. The van der Waals surface area contributed by atoms with Crippen molar-refractivity contribution in [1.82, 2.24) is 10.2 Å². The molecule has 2 rings (SSSR count). The van der Waals surface area contributed by atoms with Crippen LogP contribution < -0.4 is 5.32 Å². The Hall–Kier alpha value is -0.290. The first-order chi connectivity index (χ1) is 9.11. The molecule has 6 heteroatoms. The molecule has 0 bridgehead atoms. The smallest absolute Gasteiger partial charge is 0.253 e. The molecule has 1 saturated heterocycles. The lowest BCUT2D eigenvalue weighted by molar-refractivity contribution is 0.0691. The van der Waals surface area contributed by atoms with Gasteiger partial charge < -0.3 is 10.2 Å². The molecule has 0 atom stereocenters. The largest absolute Gasteiger partial charge is 0.339 e. The molecule has 1 aliphatic rings. The number of nitrogens with one attached hydrogen (secondary N) is 1. The van der Waals surface area contributed by atoms with Crippen molar-refractivity contribution in [1.29, 1.82) is 0 Å². The lowest BCUT2D eigenvalue weighted by Gasteiger charge is -2.32. The van der Waals surface area contributed by atoms with Crippen molar-refractivity contribution in [3.63, 3.8) is 0 Å². The minimum Gasteiger partial charge on any atom is -0.339 e. The number of carbonyl (C=O) groups excluding carboxylic acids is 1. The number of piperidine rings is 1. The summed E-state index contributed by atoms with van der Waals surface area (Å²) in [6.07, 6.45) is 2.14. The Kier molecular flexibility index (Phi) is 7.30. The van der Waals surface area contributed by atoms with Gasteiger partial charge in [0.05, 0.1) is 5.02 Å². The summed E-state index contributed by atoms with van der Waals surface area (Å²) in [5.41, 5.74) is 0.698. The third kappa shape index (κ3) is 4.35. The molecule has 0 radical (unpaired) electrons. The molecule has 1 N–H and O–H groups in total. The van der Waals surface area contributed by atoms with Gasteiger partial charge in [-0.25, -0.2) is 0 Å². The van der Waals surface area contributed by atoms with Gasteiger partial charge in [0, 0.05) is 23.1 Å². The van der Waals surface area contributed by atoms with Crippen LogP contribution in [0.2, 0.25) is 5.02 Å². The maximum absolute atomic E-state index is 12.4. The van der Waals surface area contributed by atoms with Crippen LogP contribution in [-0.4, -0.2) is 37.5 Å². The van der Waals surface area contributed by atoms with Crippen LogP contribution in [0.4, 0.5) is 0 Å². The number of rotatable bonds is 3. The number of halogens is 3. The van der Waals surface area contributed by atoms with Crippen LogP contribution >= 0.6 is 39.9 Å². The summed E-state index contributed by atoms with van der Waals surface area (Å²) < 4.78 is 0.769. The summed E-state index contributed by atoms with van der Waals surface area (Å²) in [6.45, 7) is 2.71. The number of likely N-dealkylation sites (tertiary alicyclic amines) is 1. The molecule has 1 fully saturated rings. The second-order valence-corrected chi connectivity index (χ2v) is 6.18. The molecule has 1 aromatic carbocycles. The first-order valence-corrected chi connectivity index (χ1v) is 7.68. The van der Waals surface area contributed by atoms with Gasteiger partial charge in [0.2, 0.25) is 0 Å². The minimum atomic E-state index is 0. The van der Waals surface area contributed by atoms with Crippen molar-refractivity contribution in [2.45, 2.75) is 12.8 Å². The van der Waals surface area contributed by atoms with E-state index in [9.17, 15) is 4.79 Å². The Morgan fingerprint density at radius 3 is 2.65 bits per heavy atom. The van der Waals surface area contributed by atoms with Crippen molar-refractivity contribution in [2.75, 3.05) is 26.7 Å². The zero-order valence-corrected chi connectivity index (χ0v) is 14.5. The van der Waals surface area contributed by atoms with E-state index in [-0.39, 0.29) is 18.3 Å². The number of amides is 1. The molecule has 20 heavy (non-hydrogen) atoms. The molecule has 0 saturated carbocycles. The Balaban J connectivity index is 0.00000200. The maximum atomic E-state index is 12.4. The van der Waals surface area contributed by atoms with Crippen LogP contribution in [0.1, 0.15) is 23.2 Å². The van der Waals surface area contributed by atoms with E-state index in [2.05, 4.69) is 21.2 Å². The Bertz CT molecular complexity index is 462. The predicted octanol–water partition coefficient (Wildman–Crippen LogP) is 3.60. The standard InChI is InChI=1S/C14H18BrClN2O.ClH/c1-17-9-10-4-6-18(7-5-10)14(19)11-2-3-13(16)12(15)8-11;/h2-3,8,10,17H,4-7,9H2,1H3;1H. The van der Waals surface area contributed by atoms with Gasteiger partial charge in [0.15, 0.2) is 0 Å². The van der Waals surface area contributed by atoms with Crippen molar-refractivity contribution < 1.29 is 4.79 Å². The summed E-state index contributed by atoms with van der Waals surface area (Å²) in [5, 5.41) is 3.83. The predicted molar refractivity (Wildman–Crippen MR) is 89.0 cm³/mol. The van der Waals surface area contributed by atoms with E-state index in [1.54, 1.807) is 18.2 Å². The molecule has 112 valence electrons. The number of benzene rings is 1. The second kappa shape index (κ2) is 8.23. The van der Waals surface area contributed by atoms with E-state index >= 15 is 0 Å². The summed E-state index contributed by atoms with van der Waals surface area (Å²) in [5.74, 6) is 0.784. The van der Waals surface area contributed by atoms with E-state index in [0.29, 0.717) is 16.5 Å². The highest BCUT2D eigenvalue weighted by Gasteiger charge is 2.23.